The number of rotatable bonds is 8. The number of carbonyl (C=O) groups excluding carboxylic acids is 2. The van der Waals surface area contributed by atoms with Crippen LogP contribution >= 0.6 is 11.6 Å². The van der Waals surface area contributed by atoms with Gasteiger partial charge >= 0.3 is 5.97 Å². The van der Waals surface area contributed by atoms with Crippen molar-refractivity contribution >= 4 is 34.3 Å². The molecule has 0 aliphatic heterocycles. The number of aryl methyl sites for hydroxylation is 1. The number of hydrogen-bond donors (Lipinski definition) is 0. The Morgan fingerprint density at radius 3 is 2.59 bits per heavy atom. The minimum Gasteiger partial charge on any atom is -0.465 e. The van der Waals surface area contributed by atoms with Gasteiger partial charge in [0.25, 0.3) is 0 Å². The maximum absolute atomic E-state index is 12.9. The number of hydrogen-bond acceptors (Lipinski definition) is 4. The fourth-order valence-corrected chi connectivity index (χ4v) is 4.32. The van der Waals surface area contributed by atoms with Crippen molar-refractivity contribution in [1.82, 2.24) is 4.98 Å². The van der Waals surface area contributed by atoms with Crippen LogP contribution in [0.5, 0.6) is 0 Å². The number of methoxy groups -OCH3 is 1. The van der Waals surface area contributed by atoms with Gasteiger partial charge in [0.2, 0.25) is 0 Å². The summed E-state index contributed by atoms with van der Waals surface area (Å²) < 4.78 is 4.85. The molecule has 34 heavy (non-hydrogen) atoms. The van der Waals surface area contributed by atoms with Crippen LogP contribution in [0.2, 0.25) is 5.02 Å². The third-order valence-electron chi connectivity index (χ3n) is 6.02. The lowest BCUT2D eigenvalue weighted by atomic mass is 9.94. The third-order valence-corrected chi connectivity index (χ3v) is 6.25. The van der Waals surface area contributed by atoms with Gasteiger partial charge in [-0.1, -0.05) is 67.1 Å². The molecule has 1 unspecified atom stereocenters. The molecule has 0 fully saturated rings. The Kier molecular flexibility index (Phi) is 7.39. The number of fused-ring (bicyclic) bond motifs is 1. The van der Waals surface area contributed by atoms with Gasteiger partial charge in [0.05, 0.1) is 18.2 Å². The van der Waals surface area contributed by atoms with Crippen LogP contribution < -0.4 is 0 Å². The fraction of sp³-hybridized carbons (Fsp3) is 0.207. The minimum absolute atomic E-state index is 0.0487. The summed E-state index contributed by atoms with van der Waals surface area (Å²) in [6.45, 7) is 2.14. The lowest BCUT2D eigenvalue weighted by molar-refractivity contribution is 0.0599. The molecular formula is C29H26ClNO3. The van der Waals surface area contributed by atoms with Crippen LogP contribution in [0, 0.1) is 0 Å². The predicted octanol–water partition coefficient (Wildman–Crippen LogP) is 6.84. The Balaban J connectivity index is 1.45. The molecule has 4 nitrogen and oxygen atoms in total. The van der Waals surface area contributed by atoms with Gasteiger partial charge in [0.15, 0.2) is 5.78 Å². The monoisotopic (exact) mass is 471 g/mol. The molecule has 0 saturated carbocycles. The molecule has 1 heterocycles. The normalized spacial score (nSPS) is 11.9. The SMILES string of the molecule is COC(=O)c1ccccc1CCC(=O)c1cccc(CC(C)c2ccc3ccc(Cl)cc3n2)c1. The first-order valence-electron chi connectivity index (χ1n) is 11.3. The highest BCUT2D eigenvalue weighted by Gasteiger charge is 2.15. The minimum atomic E-state index is -0.386. The molecule has 0 saturated heterocycles. The van der Waals surface area contributed by atoms with E-state index in [4.69, 9.17) is 21.3 Å². The molecule has 3 aromatic carbocycles. The summed E-state index contributed by atoms with van der Waals surface area (Å²) in [6.07, 6.45) is 1.57. The lowest BCUT2D eigenvalue weighted by Gasteiger charge is -2.13. The van der Waals surface area contributed by atoms with E-state index in [1.165, 1.54) is 7.11 Å². The smallest absolute Gasteiger partial charge is 0.338 e. The molecule has 172 valence electrons. The van der Waals surface area contributed by atoms with E-state index in [0.29, 0.717) is 29.0 Å². The molecule has 5 heteroatoms. The van der Waals surface area contributed by atoms with Gasteiger partial charge in [-0.15, -0.1) is 0 Å². The van der Waals surface area contributed by atoms with Gasteiger partial charge in [0, 0.05) is 34.0 Å². The molecule has 0 bridgehead atoms. The van der Waals surface area contributed by atoms with Crippen LogP contribution in [-0.2, 0) is 17.6 Å². The number of aromatic nitrogens is 1. The van der Waals surface area contributed by atoms with E-state index in [0.717, 1.165) is 34.1 Å². The van der Waals surface area contributed by atoms with Crippen molar-refractivity contribution in [2.75, 3.05) is 7.11 Å². The molecule has 4 aromatic rings. The van der Waals surface area contributed by atoms with Gasteiger partial charge in [-0.05, 0) is 54.3 Å². The summed E-state index contributed by atoms with van der Waals surface area (Å²) in [4.78, 5) is 29.7. The largest absolute Gasteiger partial charge is 0.465 e. The zero-order valence-electron chi connectivity index (χ0n) is 19.3. The lowest BCUT2D eigenvalue weighted by Crippen LogP contribution is -2.08. The van der Waals surface area contributed by atoms with Crippen LogP contribution in [0.25, 0.3) is 10.9 Å². The summed E-state index contributed by atoms with van der Waals surface area (Å²) in [6, 6.07) is 24.8. The molecule has 1 aromatic heterocycles. The fourth-order valence-electron chi connectivity index (χ4n) is 4.15. The van der Waals surface area contributed by atoms with Crippen molar-refractivity contribution < 1.29 is 14.3 Å². The van der Waals surface area contributed by atoms with Crippen LogP contribution in [0.1, 0.15) is 56.8 Å². The van der Waals surface area contributed by atoms with Gasteiger partial charge in [-0.2, -0.15) is 0 Å². The first kappa shape index (κ1) is 23.7. The number of nitrogens with zero attached hydrogens (tertiary/aromatic N) is 1. The highest BCUT2D eigenvalue weighted by atomic mass is 35.5. The summed E-state index contributed by atoms with van der Waals surface area (Å²) in [5.74, 6) is -0.156. The first-order valence-corrected chi connectivity index (χ1v) is 11.7. The van der Waals surface area contributed by atoms with Gasteiger partial charge < -0.3 is 4.74 Å². The van der Waals surface area contributed by atoms with Gasteiger partial charge in [0.1, 0.15) is 0 Å². The average molecular weight is 472 g/mol. The number of halogens is 1. The van der Waals surface area contributed by atoms with Crippen molar-refractivity contribution in [3.8, 4) is 0 Å². The van der Waals surface area contributed by atoms with Crippen LogP contribution in [0.3, 0.4) is 0 Å². The average Bonchev–Trinajstić information content (AvgIpc) is 2.86. The van der Waals surface area contributed by atoms with E-state index in [2.05, 4.69) is 19.1 Å². The number of ether oxygens (including phenoxy) is 1. The number of carbonyl (C=O) groups is 2. The Morgan fingerprint density at radius 1 is 0.971 bits per heavy atom. The van der Waals surface area contributed by atoms with E-state index < -0.39 is 0 Å². The van der Waals surface area contributed by atoms with E-state index >= 15 is 0 Å². The van der Waals surface area contributed by atoms with Crippen LogP contribution in [0.15, 0.2) is 78.9 Å². The molecular weight excluding hydrogens is 446 g/mol. The van der Waals surface area contributed by atoms with E-state index in [1.54, 1.807) is 12.1 Å². The molecule has 0 aliphatic rings. The molecule has 0 radical (unpaired) electrons. The Labute approximate surface area is 204 Å². The number of esters is 1. The Hall–Kier alpha value is -3.50. The summed E-state index contributed by atoms with van der Waals surface area (Å²) >= 11 is 6.13. The van der Waals surface area contributed by atoms with Crippen molar-refractivity contribution in [1.29, 1.82) is 0 Å². The molecule has 0 amide bonds. The maximum atomic E-state index is 12.9. The number of ketones is 1. The standard InChI is InChI=1S/C29H26ClNO3/c1-19(26-14-11-22-10-13-24(30)18-27(22)31-26)16-20-6-5-8-23(17-20)28(32)15-12-21-7-3-4-9-25(21)29(33)34-2/h3-11,13-14,17-19H,12,15-16H2,1-2H3. The van der Waals surface area contributed by atoms with Gasteiger partial charge in [-0.25, -0.2) is 4.79 Å². The zero-order valence-corrected chi connectivity index (χ0v) is 20.0. The number of Topliss-reactive ketones (excluding diaryl/α,β-unsaturated/α-hetero) is 1. The molecule has 1 atom stereocenters. The molecule has 0 spiro atoms. The third kappa shape index (κ3) is 5.52. The maximum Gasteiger partial charge on any atom is 0.338 e. The zero-order chi connectivity index (χ0) is 24.1. The van der Waals surface area contributed by atoms with Crippen molar-refractivity contribution in [3.63, 3.8) is 0 Å². The van der Waals surface area contributed by atoms with E-state index in [1.807, 2.05) is 54.6 Å². The number of pyridine rings is 1. The van der Waals surface area contributed by atoms with Crippen LogP contribution in [0.4, 0.5) is 0 Å². The second kappa shape index (κ2) is 10.6. The summed E-state index contributed by atoms with van der Waals surface area (Å²) in [5.41, 5.74) is 4.96. The van der Waals surface area contributed by atoms with E-state index in [-0.39, 0.29) is 17.7 Å². The van der Waals surface area contributed by atoms with Crippen molar-refractivity contribution in [3.05, 3.63) is 112 Å². The van der Waals surface area contributed by atoms with Gasteiger partial charge in [-0.3, -0.25) is 9.78 Å². The Morgan fingerprint density at radius 2 is 1.76 bits per heavy atom. The van der Waals surface area contributed by atoms with E-state index in [9.17, 15) is 9.59 Å². The predicted molar refractivity (Wildman–Crippen MR) is 136 cm³/mol. The first-order chi connectivity index (χ1) is 16.4. The van der Waals surface area contributed by atoms with Crippen molar-refractivity contribution in [2.24, 2.45) is 0 Å². The molecule has 4 rings (SSSR count). The second-order valence-electron chi connectivity index (χ2n) is 8.45. The quantitative estimate of drug-likeness (QED) is 0.208. The van der Waals surface area contributed by atoms with Crippen molar-refractivity contribution in [2.45, 2.75) is 32.1 Å². The highest BCUT2D eigenvalue weighted by molar-refractivity contribution is 6.31. The topological polar surface area (TPSA) is 56.3 Å². The number of benzene rings is 3. The Bertz CT molecular complexity index is 1350. The van der Waals surface area contributed by atoms with Crippen LogP contribution in [-0.4, -0.2) is 23.8 Å². The summed E-state index contributed by atoms with van der Waals surface area (Å²) in [7, 11) is 1.36. The molecule has 0 N–H and O–H groups in total. The highest BCUT2D eigenvalue weighted by Crippen LogP contribution is 2.24. The second-order valence-corrected chi connectivity index (χ2v) is 8.89. The summed E-state index contributed by atoms with van der Waals surface area (Å²) in [5, 5.41) is 1.73. The molecule has 0 aliphatic carbocycles.